The predicted octanol–water partition coefficient (Wildman–Crippen LogP) is 1.72. The lowest BCUT2D eigenvalue weighted by Gasteiger charge is -2.31. The Balaban J connectivity index is 0.00000338. The second kappa shape index (κ2) is 10.6. The summed E-state index contributed by atoms with van der Waals surface area (Å²) < 4.78 is 6.92. The molecule has 0 radical (unpaired) electrons. The van der Waals surface area contributed by atoms with Gasteiger partial charge in [0.2, 0.25) is 0 Å². The Hall–Kier alpha value is -1.52. The molecule has 9 heteroatoms. The van der Waals surface area contributed by atoms with Gasteiger partial charge in [-0.3, -0.25) is 9.67 Å². The van der Waals surface area contributed by atoms with Gasteiger partial charge < -0.3 is 20.7 Å². The molecular weight excluding hydrogens is 447 g/mol. The molecule has 1 aromatic heterocycles. The van der Waals surface area contributed by atoms with Crippen LogP contribution < -0.4 is 11.1 Å². The molecule has 1 fully saturated rings. The molecule has 1 aliphatic rings. The number of hydrogen-bond acceptors (Lipinski definition) is 4. The first kappa shape index (κ1) is 22.5. The SMILES string of the molecule is CCOC(=O)N1CCC(NC(N)=NCCc2c(C)nn(C)c2C)CC1.I. The zero-order chi connectivity index (χ0) is 18.4. The summed E-state index contributed by atoms with van der Waals surface area (Å²) in [6.07, 6.45) is 2.28. The summed E-state index contributed by atoms with van der Waals surface area (Å²) in [5.41, 5.74) is 9.46. The van der Waals surface area contributed by atoms with Gasteiger partial charge in [-0.05, 0) is 45.6 Å². The normalized spacial score (nSPS) is 15.5. The summed E-state index contributed by atoms with van der Waals surface area (Å²) in [6.45, 7) is 8.30. The Kier molecular flexibility index (Phi) is 9.17. The fourth-order valence-electron chi connectivity index (χ4n) is 3.14. The van der Waals surface area contributed by atoms with Gasteiger partial charge in [-0.25, -0.2) is 4.79 Å². The fraction of sp³-hybridized carbons (Fsp3) is 0.706. The molecule has 1 aromatic rings. The third-order valence-corrected chi connectivity index (χ3v) is 4.68. The maximum atomic E-state index is 11.7. The standard InChI is InChI=1S/C17H30N6O2.HI/c1-5-25-17(24)23-10-7-14(8-11-23)20-16(18)19-9-6-15-12(2)21-22(4)13(15)3;/h14H,5-11H2,1-4H3,(H3,18,19,20);1H. The first-order valence-electron chi connectivity index (χ1n) is 8.89. The number of piperidine rings is 1. The molecule has 1 aliphatic heterocycles. The van der Waals surface area contributed by atoms with Crippen LogP contribution in [0.25, 0.3) is 0 Å². The molecule has 8 nitrogen and oxygen atoms in total. The van der Waals surface area contributed by atoms with E-state index in [1.807, 2.05) is 25.6 Å². The molecule has 0 saturated carbocycles. The lowest BCUT2D eigenvalue weighted by atomic mass is 10.1. The van der Waals surface area contributed by atoms with E-state index >= 15 is 0 Å². The minimum absolute atomic E-state index is 0. The van der Waals surface area contributed by atoms with Crippen LogP contribution in [0.3, 0.4) is 0 Å². The number of aryl methyl sites for hydroxylation is 2. The molecule has 148 valence electrons. The Labute approximate surface area is 172 Å². The summed E-state index contributed by atoms with van der Waals surface area (Å²) in [5.74, 6) is 0.466. The molecule has 0 atom stereocenters. The first-order chi connectivity index (χ1) is 11.9. The second-order valence-corrected chi connectivity index (χ2v) is 6.39. The fourth-order valence-corrected chi connectivity index (χ4v) is 3.14. The third kappa shape index (κ3) is 6.03. The minimum atomic E-state index is -0.232. The third-order valence-electron chi connectivity index (χ3n) is 4.68. The Morgan fingerprint density at radius 2 is 2.04 bits per heavy atom. The number of aromatic nitrogens is 2. The van der Waals surface area contributed by atoms with Crippen LogP contribution in [0.4, 0.5) is 4.79 Å². The van der Waals surface area contributed by atoms with Crippen molar-refractivity contribution in [1.29, 1.82) is 0 Å². The first-order valence-corrected chi connectivity index (χ1v) is 8.89. The van der Waals surface area contributed by atoms with Gasteiger partial charge in [-0.2, -0.15) is 5.10 Å². The van der Waals surface area contributed by atoms with Gasteiger partial charge in [0.15, 0.2) is 5.96 Å². The summed E-state index contributed by atoms with van der Waals surface area (Å²) in [4.78, 5) is 17.9. The van der Waals surface area contributed by atoms with E-state index in [4.69, 9.17) is 10.5 Å². The zero-order valence-electron chi connectivity index (χ0n) is 16.1. The summed E-state index contributed by atoms with van der Waals surface area (Å²) in [7, 11) is 1.95. The van der Waals surface area contributed by atoms with Gasteiger partial charge in [0.05, 0.1) is 12.3 Å². The summed E-state index contributed by atoms with van der Waals surface area (Å²) in [6, 6.07) is 0.247. The number of nitrogens with two attached hydrogens (primary N) is 1. The van der Waals surface area contributed by atoms with Crippen molar-refractivity contribution < 1.29 is 9.53 Å². The number of likely N-dealkylation sites (tertiary alicyclic amines) is 1. The van der Waals surface area contributed by atoms with Gasteiger partial charge >= 0.3 is 6.09 Å². The molecule has 1 saturated heterocycles. The van der Waals surface area contributed by atoms with Crippen molar-refractivity contribution in [1.82, 2.24) is 20.0 Å². The molecule has 2 heterocycles. The number of carbonyl (C=O) groups excluding carboxylic acids is 1. The van der Waals surface area contributed by atoms with Crippen molar-refractivity contribution in [3.05, 3.63) is 17.0 Å². The molecule has 0 unspecified atom stereocenters. The number of carbonyl (C=O) groups is 1. The average Bonchev–Trinajstić information content (AvgIpc) is 2.82. The Morgan fingerprint density at radius 1 is 1.38 bits per heavy atom. The van der Waals surface area contributed by atoms with Crippen LogP contribution in [0.1, 0.15) is 36.7 Å². The van der Waals surface area contributed by atoms with Crippen LogP contribution in [0.2, 0.25) is 0 Å². The van der Waals surface area contributed by atoms with Crippen molar-refractivity contribution >= 4 is 36.0 Å². The molecule has 26 heavy (non-hydrogen) atoms. The molecule has 0 aromatic carbocycles. The second-order valence-electron chi connectivity index (χ2n) is 6.39. The van der Waals surface area contributed by atoms with E-state index in [0.29, 0.717) is 32.2 Å². The predicted molar refractivity (Wildman–Crippen MR) is 113 cm³/mol. The van der Waals surface area contributed by atoms with Crippen molar-refractivity contribution in [2.75, 3.05) is 26.2 Å². The topological polar surface area (TPSA) is 97.8 Å². The van der Waals surface area contributed by atoms with Crippen LogP contribution >= 0.6 is 24.0 Å². The number of ether oxygens (including phenoxy) is 1. The molecule has 3 N–H and O–H groups in total. The lowest BCUT2D eigenvalue weighted by Crippen LogP contribution is -2.48. The largest absolute Gasteiger partial charge is 0.450 e. The zero-order valence-corrected chi connectivity index (χ0v) is 18.4. The molecule has 0 bridgehead atoms. The molecular formula is C17H31IN6O2. The van der Waals surface area contributed by atoms with Crippen molar-refractivity contribution in [2.24, 2.45) is 17.8 Å². The number of aliphatic imine (C=N–C) groups is 1. The highest BCUT2D eigenvalue weighted by atomic mass is 127. The Morgan fingerprint density at radius 3 is 2.58 bits per heavy atom. The highest BCUT2D eigenvalue weighted by Gasteiger charge is 2.23. The van der Waals surface area contributed by atoms with E-state index in [1.165, 1.54) is 11.3 Å². The highest BCUT2D eigenvalue weighted by molar-refractivity contribution is 14.0. The monoisotopic (exact) mass is 478 g/mol. The van der Waals surface area contributed by atoms with Crippen LogP contribution in [0, 0.1) is 13.8 Å². The number of amides is 1. The quantitative estimate of drug-likeness (QED) is 0.382. The number of rotatable bonds is 5. The number of halogens is 1. The van der Waals surface area contributed by atoms with Crippen LogP contribution in [0.5, 0.6) is 0 Å². The number of nitrogens with one attached hydrogen (secondary N) is 1. The van der Waals surface area contributed by atoms with Crippen LogP contribution in [-0.2, 0) is 18.2 Å². The van der Waals surface area contributed by atoms with Crippen LogP contribution in [-0.4, -0.2) is 59.0 Å². The van der Waals surface area contributed by atoms with Gasteiger partial charge in [0.1, 0.15) is 0 Å². The number of nitrogens with zero attached hydrogens (tertiary/aromatic N) is 4. The van der Waals surface area contributed by atoms with E-state index < -0.39 is 0 Å². The van der Waals surface area contributed by atoms with Gasteiger partial charge in [0.25, 0.3) is 0 Å². The molecule has 0 spiro atoms. The number of guanidine groups is 1. The molecule has 2 rings (SSSR count). The van der Waals surface area contributed by atoms with Crippen molar-refractivity contribution in [2.45, 2.75) is 46.1 Å². The van der Waals surface area contributed by atoms with Crippen LogP contribution in [0.15, 0.2) is 4.99 Å². The van der Waals surface area contributed by atoms with E-state index in [-0.39, 0.29) is 36.1 Å². The van der Waals surface area contributed by atoms with E-state index in [0.717, 1.165) is 25.0 Å². The van der Waals surface area contributed by atoms with E-state index in [1.54, 1.807) is 4.90 Å². The molecule has 1 amide bonds. The minimum Gasteiger partial charge on any atom is -0.450 e. The highest BCUT2D eigenvalue weighted by Crippen LogP contribution is 2.13. The number of hydrogen-bond donors (Lipinski definition) is 2. The van der Waals surface area contributed by atoms with E-state index in [2.05, 4.69) is 22.3 Å². The smallest absolute Gasteiger partial charge is 0.409 e. The van der Waals surface area contributed by atoms with Gasteiger partial charge in [-0.15, -0.1) is 24.0 Å². The maximum absolute atomic E-state index is 11.7. The maximum Gasteiger partial charge on any atom is 0.409 e. The Bertz CT molecular complexity index is 623. The molecule has 0 aliphatic carbocycles. The van der Waals surface area contributed by atoms with Gasteiger partial charge in [-0.1, -0.05) is 0 Å². The van der Waals surface area contributed by atoms with Gasteiger partial charge in [0, 0.05) is 38.4 Å². The summed E-state index contributed by atoms with van der Waals surface area (Å²) in [5, 5.41) is 7.67. The summed E-state index contributed by atoms with van der Waals surface area (Å²) >= 11 is 0. The van der Waals surface area contributed by atoms with Crippen molar-refractivity contribution in [3.63, 3.8) is 0 Å². The average molecular weight is 478 g/mol. The van der Waals surface area contributed by atoms with Crippen molar-refractivity contribution in [3.8, 4) is 0 Å². The van der Waals surface area contributed by atoms with E-state index in [9.17, 15) is 4.79 Å². The lowest BCUT2D eigenvalue weighted by molar-refractivity contribution is 0.0963.